The van der Waals surface area contributed by atoms with Crippen molar-refractivity contribution in [1.82, 2.24) is 9.97 Å². The molecule has 0 aliphatic carbocycles. The van der Waals surface area contributed by atoms with Crippen molar-refractivity contribution < 1.29 is 0 Å². The Morgan fingerprint density at radius 3 is 2.17 bits per heavy atom. The summed E-state index contributed by atoms with van der Waals surface area (Å²) in [6.07, 6.45) is 0. The van der Waals surface area contributed by atoms with E-state index in [9.17, 15) is 0 Å². The van der Waals surface area contributed by atoms with E-state index in [-0.39, 0.29) is 5.41 Å². The van der Waals surface area contributed by atoms with Crippen molar-refractivity contribution in [3.63, 3.8) is 0 Å². The van der Waals surface area contributed by atoms with Crippen LogP contribution in [0.1, 0.15) is 51.9 Å². The van der Waals surface area contributed by atoms with Crippen molar-refractivity contribution in [3.05, 3.63) is 59.9 Å². The lowest BCUT2D eigenvalue weighted by Crippen LogP contribution is -2.11. The van der Waals surface area contributed by atoms with Gasteiger partial charge in [-0.05, 0) is 23.1 Å². The van der Waals surface area contributed by atoms with Crippen molar-refractivity contribution >= 4 is 10.9 Å². The maximum atomic E-state index is 4.88. The molecule has 0 spiro atoms. The highest BCUT2D eigenvalue weighted by Crippen LogP contribution is 2.31. The first-order chi connectivity index (χ1) is 10.9. The second kappa shape index (κ2) is 5.77. The fourth-order valence-corrected chi connectivity index (χ4v) is 2.69. The fourth-order valence-electron chi connectivity index (χ4n) is 2.69. The van der Waals surface area contributed by atoms with Crippen molar-refractivity contribution in [2.75, 3.05) is 0 Å². The van der Waals surface area contributed by atoms with Crippen LogP contribution in [0.25, 0.3) is 22.2 Å². The number of aromatic nitrogens is 2. The van der Waals surface area contributed by atoms with E-state index in [2.05, 4.69) is 77.1 Å². The van der Waals surface area contributed by atoms with Crippen LogP contribution in [0, 0.1) is 0 Å². The second-order valence-electron chi connectivity index (χ2n) is 7.43. The average Bonchev–Trinajstić information content (AvgIpc) is 2.53. The smallest absolute Gasteiger partial charge is 0.132 e. The van der Waals surface area contributed by atoms with Gasteiger partial charge in [-0.2, -0.15) is 0 Å². The molecule has 3 aromatic rings. The summed E-state index contributed by atoms with van der Waals surface area (Å²) in [5, 5.41) is 1.13. The highest BCUT2D eigenvalue weighted by molar-refractivity contribution is 5.92. The average molecular weight is 304 g/mol. The summed E-state index contributed by atoms with van der Waals surface area (Å²) in [4.78, 5) is 9.66. The van der Waals surface area contributed by atoms with Gasteiger partial charge in [0.15, 0.2) is 0 Å². The highest BCUT2D eigenvalue weighted by Gasteiger charge is 2.17. The first-order valence-corrected chi connectivity index (χ1v) is 8.24. The van der Waals surface area contributed by atoms with Crippen molar-refractivity contribution in [1.29, 1.82) is 0 Å². The molecule has 0 N–H and O–H groups in total. The Labute approximate surface area is 138 Å². The molecule has 0 aliphatic rings. The Bertz CT molecular complexity index is 828. The largest absolute Gasteiger partial charge is 0.233 e. The van der Waals surface area contributed by atoms with Gasteiger partial charge in [-0.15, -0.1) is 0 Å². The first-order valence-electron chi connectivity index (χ1n) is 8.24. The molecule has 0 saturated heterocycles. The van der Waals surface area contributed by atoms with Crippen molar-refractivity contribution in [2.24, 2.45) is 0 Å². The summed E-state index contributed by atoms with van der Waals surface area (Å²) in [5.41, 5.74) is 4.62. The van der Waals surface area contributed by atoms with Gasteiger partial charge in [0.25, 0.3) is 0 Å². The van der Waals surface area contributed by atoms with Crippen LogP contribution in [0.3, 0.4) is 0 Å². The van der Waals surface area contributed by atoms with E-state index in [0.717, 1.165) is 28.0 Å². The summed E-state index contributed by atoms with van der Waals surface area (Å²) >= 11 is 0. The topological polar surface area (TPSA) is 25.8 Å². The van der Waals surface area contributed by atoms with Crippen LogP contribution in [0.5, 0.6) is 0 Å². The molecular formula is C21H24N2. The molecular weight excluding hydrogens is 280 g/mol. The maximum absolute atomic E-state index is 4.88. The lowest BCUT2D eigenvalue weighted by Gasteiger charge is -2.20. The van der Waals surface area contributed by atoms with E-state index in [0.29, 0.717) is 5.92 Å². The molecule has 2 nitrogen and oxygen atoms in total. The molecule has 0 fully saturated rings. The molecule has 0 unspecified atom stereocenters. The SMILES string of the molecule is CC(C)c1nc(-c2ccccc2)c2cc(C(C)(C)C)ccc2n1. The lowest BCUT2D eigenvalue weighted by molar-refractivity contribution is 0.591. The fraction of sp³-hybridized carbons (Fsp3) is 0.333. The quantitative estimate of drug-likeness (QED) is 0.605. The number of hydrogen-bond donors (Lipinski definition) is 0. The summed E-state index contributed by atoms with van der Waals surface area (Å²) in [7, 11) is 0. The third kappa shape index (κ3) is 3.12. The zero-order chi connectivity index (χ0) is 16.6. The molecule has 0 radical (unpaired) electrons. The van der Waals surface area contributed by atoms with Crippen LogP contribution in [-0.2, 0) is 5.41 Å². The molecule has 3 rings (SSSR count). The van der Waals surface area contributed by atoms with E-state index >= 15 is 0 Å². The van der Waals surface area contributed by atoms with Crippen LogP contribution in [0.4, 0.5) is 0 Å². The number of fused-ring (bicyclic) bond motifs is 1. The summed E-state index contributed by atoms with van der Waals surface area (Å²) in [6, 6.07) is 17.0. The van der Waals surface area contributed by atoms with Crippen LogP contribution < -0.4 is 0 Å². The van der Waals surface area contributed by atoms with Crippen LogP contribution in [-0.4, -0.2) is 9.97 Å². The second-order valence-corrected chi connectivity index (χ2v) is 7.43. The Hall–Kier alpha value is -2.22. The summed E-state index contributed by atoms with van der Waals surface area (Å²) in [5.74, 6) is 1.21. The van der Waals surface area contributed by atoms with Crippen LogP contribution >= 0.6 is 0 Å². The first kappa shape index (κ1) is 15.7. The molecule has 0 aliphatic heterocycles. The molecule has 1 aromatic heterocycles. The minimum absolute atomic E-state index is 0.110. The van der Waals surface area contributed by atoms with Gasteiger partial charge in [0, 0.05) is 16.9 Å². The standard InChI is InChI=1S/C21H24N2/c1-14(2)20-22-18-12-11-16(21(3,4)5)13-17(18)19(23-20)15-9-7-6-8-10-15/h6-14H,1-5H3. The van der Waals surface area contributed by atoms with Crippen LogP contribution in [0.15, 0.2) is 48.5 Å². The predicted octanol–water partition coefficient (Wildman–Crippen LogP) is 5.72. The van der Waals surface area contributed by atoms with Gasteiger partial charge in [-0.1, -0.05) is 71.0 Å². The Morgan fingerprint density at radius 1 is 0.870 bits per heavy atom. The third-order valence-corrected chi connectivity index (χ3v) is 4.14. The summed E-state index contributed by atoms with van der Waals surface area (Å²) in [6.45, 7) is 11.0. The minimum atomic E-state index is 0.110. The lowest BCUT2D eigenvalue weighted by atomic mass is 9.86. The molecule has 0 saturated carbocycles. The molecule has 0 amide bonds. The van der Waals surface area contributed by atoms with Crippen molar-refractivity contribution in [2.45, 2.75) is 46.0 Å². The number of benzene rings is 2. The van der Waals surface area contributed by atoms with Gasteiger partial charge >= 0.3 is 0 Å². The molecule has 1 heterocycles. The van der Waals surface area contributed by atoms with Gasteiger partial charge in [0.05, 0.1) is 11.2 Å². The van der Waals surface area contributed by atoms with E-state index in [1.54, 1.807) is 0 Å². The molecule has 2 heteroatoms. The Morgan fingerprint density at radius 2 is 1.57 bits per heavy atom. The van der Waals surface area contributed by atoms with E-state index in [1.807, 2.05) is 6.07 Å². The van der Waals surface area contributed by atoms with Crippen LogP contribution in [0.2, 0.25) is 0 Å². The minimum Gasteiger partial charge on any atom is -0.233 e. The van der Waals surface area contributed by atoms with Gasteiger partial charge in [-0.25, -0.2) is 9.97 Å². The Kier molecular flexibility index (Phi) is 3.93. The van der Waals surface area contributed by atoms with E-state index in [4.69, 9.17) is 9.97 Å². The number of rotatable bonds is 2. The zero-order valence-corrected chi connectivity index (χ0v) is 14.6. The van der Waals surface area contributed by atoms with Gasteiger partial charge < -0.3 is 0 Å². The normalized spacial score (nSPS) is 12.1. The zero-order valence-electron chi connectivity index (χ0n) is 14.6. The van der Waals surface area contributed by atoms with E-state index in [1.165, 1.54) is 5.56 Å². The molecule has 118 valence electrons. The number of nitrogens with zero attached hydrogens (tertiary/aromatic N) is 2. The Balaban J connectivity index is 2.33. The maximum Gasteiger partial charge on any atom is 0.132 e. The molecule has 23 heavy (non-hydrogen) atoms. The highest BCUT2D eigenvalue weighted by atomic mass is 14.9. The van der Waals surface area contributed by atoms with Gasteiger partial charge in [0.2, 0.25) is 0 Å². The third-order valence-electron chi connectivity index (χ3n) is 4.14. The molecule has 0 bridgehead atoms. The molecule has 0 atom stereocenters. The van der Waals surface area contributed by atoms with E-state index < -0.39 is 0 Å². The predicted molar refractivity (Wildman–Crippen MR) is 97.8 cm³/mol. The van der Waals surface area contributed by atoms with Gasteiger partial charge in [0.1, 0.15) is 5.82 Å². The number of hydrogen-bond acceptors (Lipinski definition) is 2. The summed E-state index contributed by atoms with van der Waals surface area (Å²) < 4.78 is 0. The van der Waals surface area contributed by atoms with Gasteiger partial charge in [-0.3, -0.25) is 0 Å². The molecule has 2 aromatic carbocycles. The van der Waals surface area contributed by atoms with Crippen molar-refractivity contribution in [3.8, 4) is 11.3 Å². The monoisotopic (exact) mass is 304 g/mol.